The maximum Gasteiger partial charge on any atom is 0.254 e. The van der Waals surface area contributed by atoms with Crippen LogP contribution in [0.25, 0.3) is 11.0 Å². The lowest BCUT2D eigenvalue weighted by Crippen LogP contribution is -2.25. The normalized spacial score (nSPS) is 10.8. The van der Waals surface area contributed by atoms with Crippen molar-refractivity contribution in [3.05, 3.63) is 69.8 Å². The van der Waals surface area contributed by atoms with Crippen LogP contribution in [-0.2, 0) is 6.54 Å². The van der Waals surface area contributed by atoms with Crippen LogP contribution in [0.1, 0.15) is 22.8 Å². The summed E-state index contributed by atoms with van der Waals surface area (Å²) in [7, 11) is 0. The molecule has 25 heavy (non-hydrogen) atoms. The zero-order valence-electron chi connectivity index (χ0n) is 13.5. The topological polar surface area (TPSA) is 87.2 Å². The van der Waals surface area contributed by atoms with Gasteiger partial charge in [0.25, 0.3) is 5.91 Å². The Labute approximate surface area is 142 Å². The van der Waals surface area contributed by atoms with Crippen LogP contribution in [-0.4, -0.2) is 22.1 Å². The molecule has 0 fully saturated rings. The van der Waals surface area contributed by atoms with E-state index < -0.39 is 11.3 Å². The molecule has 2 N–H and O–H groups in total. The number of hydrogen-bond donors (Lipinski definition) is 1. The molecule has 3 aromatic rings. The minimum Gasteiger partial charge on any atom is -0.478 e. The second-order valence-electron chi connectivity index (χ2n) is 5.44. The van der Waals surface area contributed by atoms with E-state index in [2.05, 4.69) is 4.98 Å². The number of ether oxygens (including phenoxy) is 1. The molecular formula is C18H16FN3O3. The standard InChI is InChI=1S/C18H16FN3O3/c1-2-25-15-7-6-14-16(21-15)17(23)13(18(20)24)10-22(14)9-11-4-3-5-12(19)8-11/h3-8,10H,2,9H2,1H3,(H2,20,24). The van der Waals surface area contributed by atoms with E-state index in [-0.39, 0.29) is 29.3 Å². The van der Waals surface area contributed by atoms with Gasteiger partial charge in [0.1, 0.15) is 16.9 Å². The molecule has 2 heterocycles. The largest absolute Gasteiger partial charge is 0.478 e. The molecule has 1 amide bonds. The number of carbonyl (C=O) groups is 1. The Hall–Kier alpha value is -3.22. The third-order valence-corrected chi connectivity index (χ3v) is 3.70. The number of aromatic nitrogens is 2. The van der Waals surface area contributed by atoms with Gasteiger partial charge in [-0.05, 0) is 30.7 Å². The lowest BCUT2D eigenvalue weighted by Gasteiger charge is -2.13. The lowest BCUT2D eigenvalue weighted by molar-refractivity contribution is 0.0998. The van der Waals surface area contributed by atoms with Crippen LogP contribution in [0, 0.1) is 5.82 Å². The highest BCUT2D eigenvalue weighted by Gasteiger charge is 2.15. The first-order valence-corrected chi connectivity index (χ1v) is 7.71. The summed E-state index contributed by atoms with van der Waals surface area (Å²) in [6.07, 6.45) is 1.37. The van der Waals surface area contributed by atoms with E-state index in [1.807, 2.05) is 0 Å². The predicted octanol–water partition coefficient (Wildman–Crippen LogP) is 2.08. The summed E-state index contributed by atoms with van der Waals surface area (Å²) in [5, 5.41) is 0. The van der Waals surface area contributed by atoms with Crippen LogP contribution in [0.3, 0.4) is 0 Å². The highest BCUT2D eigenvalue weighted by molar-refractivity contribution is 5.95. The highest BCUT2D eigenvalue weighted by Crippen LogP contribution is 2.17. The molecule has 0 saturated carbocycles. The monoisotopic (exact) mass is 341 g/mol. The third-order valence-electron chi connectivity index (χ3n) is 3.70. The molecular weight excluding hydrogens is 325 g/mol. The van der Waals surface area contributed by atoms with E-state index in [9.17, 15) is 14.0 Å². The molecule has 0 radical (unpaired) electrons. The number of rotatable bonds is 5. The fraction of sp³-hybridized carbons (Fsp3) is 0.167. The van der Waals surface area contributed by atoms with Crippen LogP contribution < -0.4 is 15.9 Å². The zero-order chi connectivity index (χ0) is 18.0. The van der Waals surface area contributed by atoms with Crippen molar-refractivity contribution in [2.24, 2.45) is 5.73 Å². The Morgan fingerprint density at radius 2 is 2.12 bits per heavy atom. The number of amides is 1. The molecule has 0 bridgehead atoms. The molecule has 128 valence electrons. The molecule has 1 aromatic carbocycles. The van der Waals surface area contributed by atoms with E-state index in [1.165, 1.54) is 18.3 Å². The minimum atomic E-state index is -0.844. The average molecular weight is 341 g/mol. The molecule has 7 heteroatoms. The van der Waals surface area contributed by atoms with E-state index in [4.69, 9.17) is 10.5 Å². The second-order valence-corrected chi connectivity index (χ2v) is 5.44. The number of benzene rings is 1. The van der Waals surface area contributed by atoms with Gasteiger partial charge < -0.3 is 15.0 Å². The molecule has 2 aromatic heterocycles. The van der Waals surface area contributed by atoms with Gasteiger partial charge >= 0.3 is 0 Å². The van der Waals surface area contributed by atoms with Crippen molar-refractivity contribution in [3.8, 4) is 5.88 Å². The fourth-order valence-corrected chi connectivity index (χ4v) is 2.61. The fourth-order valence-electron chi connectivity index (χ4n) is 2.61. The lowest BCUT2D eigenvalue weighted by atomic mass is 10.1. The van der Waals surface area contributed by atoms with Crippen molar-refractivity contribution < 1.29 is 13.9 Å². The molecule has 0 spiro atoms. The quantitative estimate of drug-likeness (QED) is 0.770. The molecule has 6 nitrogen and oxygen atoms in total. The Kier molecular flexibility index (Phi) is 4.47. The van der Waals surface area contributed by atoms with Gasteiger partial charge in [0.15, 0.2) is 0 Å². The van der Waals surface area contributed by atoms with Gasteiger partial charge in [-0.25, -0.2) is 9.37 Å². The van der Waals surface area contributed by atoms with Crippen molar-refractivity contribution in [1.82, 2.24) is 9.55 Å². The maximum absolute atomic E-state index is 13.4. The Morgan fingerprint density at radius 1 is 1.32 bits per heavy atom. The summed E-state index contributed by atoms with van der Waals surface area (Å²) in [4.78, 5) is 28.3. The van der Waals surface area contributed by atoms with Gasteiger partial charge in [0.2, 0.25) is 11.3 Å². The van der Waals surface area contributed by atoms with Gasteiger partial charge in [0, 0.05) is 18.8 Å². The van der Waals surface area contributed by atoms with Crippen molar-refractivity contribution in [2.75, 3.05) is 6.61 Å². The number of hydrogen-bond acceptors (Lipinski definition) is 4. The van der Waals surface area contributed by atoms with Crippen LogP contribution in [0.15, 0.2) is 47.4 Å². The third kappa shape index (κ3) is 3.35. The van der Waals surface area contributed by atoms with E-state index in [1.54, 1.807) is 35.8 Å². The maximum atomic E-state index is 13.4. The van der Waals surface area contributed by atoms with Crippen molar-refractivity contribution in [1.29, 1.82) is 0 Å². The first-order valence-electron chi connectivity index (χ1n) is 7.71. The number of fused-ring (bicyclic) bond motifs is 1. The highest BCUT2D eigenvalue weighted by atomic mass is 19.1. The van der Waals surface area contributed by atoms with E-state index in [0.717, 1.165) is 0 Å². The van der Waals surface area contributed by atoms with Crippen molar-refractivity contribution in [2.45, 2.75) is 13.5 Å². The summed E-state index contributed by atoms with van der Waals surface area (Å²) in [5.41, 5.74) is 5.85. The average Bonchev–Trinajstić information content (AvgIpc) is 2.57. The van der Waals surface area contributed by atoms with Crippen LogP contribution in [0.2, 0.25) is 0 Å². The zero-order valence-corrected chi connectivity index (χ0v) is 13.5. The predicted molar refractivity (Wildman–Crippen MR) is 91.2 cm³/mol. The Bertz CT molecular complexity index is 1010. The SMILES string of the molecule is CCOc1ccc2c(n1)c(=O)c(C(N)=O)cn2Cc1cccc(F)c1. The van der Waals surface area contributed by atoms with E-state index >= 15 is 0 Å². The smallest absolute Gasteiger partial charge is 0.254 e. The minimum absolute atomic E-state index is 0.0821. The summed E-state index contributed by atoms with van der Waals surface area (Å²) < 4.78 is 20.4. The first kappa shape index (κ1) is 16.6. The molecule has 0 aliphatic rings. The second kappa shape index (κ2) is 6.72. The van der Waals surface area contributed by atoms with Gasteiger partial charge in [-0.2, -0.15) is 0 Å². The van der Waals surface area contributed by atoms with Crippen molar-refractivity contribution >= 4 is 16.9 Å². The molecule has 0 unspecified atom stereocenters. The van der Waals surface area contributed by atoms with Gasteiger partial charge in [0.05, 0.1) is 12.1 Å². The van der Waals surface area contributed by atoms with Gasteiger partial charge in [-0.3, -0.25) is 9.59 Å². The molecule has 0 atom stereocenters. The Morgan fingerprint density at radius 3 is 2.80 bits per heavy atom. The number of nitrogens with zero attached hydrogens (tertiary/aromatic N) is 2. The molecule has 0 saturated heterocycles. The van der Waals surface area contributed by atoms with Gasteiger partial charge in [-0.1, -0.05) is 12.1 Å². The summed E-state index contributed by atoms with van der Waals surface area (Å²) in [5.74, 6) is -0.927. The number of primary amides is 1. The number of nitrogens with two attached hydrogens (primary N) is 1. The molecule has 0 aliphatic carbocycles. The van der Waals surface area contributed by atoms with Crippen LogP contribution in [0.5, 0.6) is 5.88 Å². The van der Waals surface area contributed by atoms with Gasteiger partial charge in [-0.15, -0.1) is 0 Å². The van der Waals surface area contributed by atoms with Crippen LogP contribution in [0.4, 0.5) is 4.39 Å². The number of pyridine rings is 2. The summed E-state index contributed by atoms with van der Waals surface area (Å²) >= 11 is 0. The Balaban J connectivity index is 2.21. The summed E-state index contributed by atoms with van der Waals surface area (Å²) in [6.45, 7) is 2.45. The van der Waals surface area contributed by atoms with Crippen LogP contribution >= 0.6 is 0 Å². The van der Waals surface area contributed by atoms with Crippen molar-refractivity contribution in [3.63, 3.8) is 0 Å². The summed E-state index contributed by atoms with van der Waals surface area (Å²) in [6, 6.07) is 9.39. The first-order chi connectivity index (χ1) is 12.0. The number of halogens is 1. The van der Waals surface area contributed by atoms with E-state index in [0.29, 0.717) is 17.7 Å². The molecule has 3 rings (SSSR count). The number of carbonyl (C=O) groups excluding carboxylic acids is 1. The molecule has 0 aliphatic heterocycles.